The third kappa shape index (κ3) is 3.56. The van der Waals surface area contributed by atoms with Crippen LogP contribution in [0.4, 0.5) is 5.69 Å². The second kappa shape index (κ2) is 5.76. The minimum Gasteiger partial charge on any atom is -0.381 e. The van der Waals surface area contributed by atoms with E-state index in [2.05, 4.69) is 50.4 Å². The second-order valence-electron chi connectivity index (χ2n) is 4.21. The molecule has 2 nitrogen and oxygen atoms in total. The lowest BCUT2D eigenvalue weighted by Crippen LogP contribution is -2.25. The summed E-state index contributed by atoms with van der Waals surface area (Å²) in [6, 6.07) is 8.99. The quantitative estimate of drug-likeness (QED) is 0.777. The molecule has 3 N–H and O–H groups in total. The van der Waals surface area contributed by atoms with E-state index in [-0.39, 0.29) is 0 Å². The van der Waals surface area contributed by atoms with Crippen molar-refractivity contribution in [1.82, 2.24) is 0 Å². The fraction of sp³-hybridized carbons (Fsp3) is 0.538. The largest absolute Gasteiger partial charge is 0.381 e. The van der Waals surface area contributed by atoms with Crippen molar-refractivity contribution in [2.45, 2.75) is 39.2 Å². The molecule has 1 rings (SSSR count). The highest BCUT2D eigenvalue weighted by Gasteiger charge is 2.03. The van der Waals surface area contributed by atoms with Crippen molar-refractivity contribution in [1.29, 1.82) is 0 Å². The minimum atomic E-state index is 0.333. The molecule has 0 saturated carbocycles. The molecule has 0 aliphatic rings. The minimum absolute atomic E-state index is 0.333. The van der Waals surface area contributed by atoms with Gasteiger partial charge in [0.1, 0.15) is 0 Å². The molecule has 0 saturated heterocycles. The van der Waals surface area contributed by atoms with Crippen molar-refractivity contribution in [3.05, 3.63) is 29.8 Å². The number of hydrogen-bond acceptors (Lipinski definition) is 2. The SMILES string of the molecule is CCC(C)c1ccc(NC(C)CN)cc1. The number of rotatable bonds is 5. The zero-order valence-corrected chi connectivity index (χ0v) is 9.96. The number of benzene rings is 1. The first kappa shape index (κ1) is 12.1. The first-order valence-electron chi connectivity index (χ1n) is 5.74. The molecule has 0 radical (unpaired) electrons. The summed E-state index contributed by atoms with van der Waals surface area (Å²) in [6.07, 6.45) is 1.19. The molecule has 0 spiro atoms. The summed E-state index contributed by atoms with van der Waals surface area (Å²) in [5.41, 5.74) is 8.12. The van der Waals surface area contributed by atoms with E-state index in [1.807, 2.05) is 0 Å². The smallest absolute Gasteiger partial charge is 0.0355 e. The van der Waals surface area contributed by atoms with Gasteiger partial charge in [0, 0.05) is 18.3 Å². The maximum Gasteiger partial charge on any atom is 0.0355 e. The second-order valence-corrected chi connectivity index (χ2v) is 4.21. The normalized spacial score (nSPS) is 14.7. The van der Waals surface area contributed by atoms with Crippen LogP contribution in [-0.2, 0) is 0 Å². The van der Waals surface area contributed by atoms with Gasteiger partial charge in [-0.25, -0.2) is 0 Å². The molecule has 0 fully saturated rings. The maximum absolute atomic E-state index is 5.56. The molecule has 0 amide bonds. The lowest BCUT2D eigenvalue weighted by atomic mass is 9.98. The van der Waals surface area contributed by atoms with Crippen LogP contribution in [-0.4, -0.2) is 12.6 Å². The lowest BCUT2D eigenvalue weighted by molar-refractivity contribution is 0.733. The first-order valence-corrected chi connectivity index (χ1v) is 5.74. The van der Waals surface area contributed by atoms with Crippen LogP contribution < -0.4 is 11.1 Å². The molecule has 2 heteroatoms. The zero-order chi connectivity index (χ0) is 11.3. The van der Waals surface area contributed by atoms with Crippen molar-refractivity contribution >= 4 is 5.69 Å². The molecule has 0 aromatic heterocycles. The van der Waals surface area contributed by atoms with E-state index in [1.54, 1.807) is 0 Å². The van der Waals surface area contributed by atoms with Gasteiger partial charge in [-0.15, -0.1) is 0 Å². The molecule has 2 atom stereocenters. The molecular weight excluding hydrogens is 184 g/mol. The van der Waals surface area contributed by atoms with Gasteiger partial charge >= 0.3 is 0 Å². The number of hydrogen-bond donors (Lipinski definition) is 2. The first-order chi connectivity index (χ1) is 7.17. The van der Waals surface area contributed by atoms with E-state index in [1.165, 1.54) is 12.0 Å². The molecular formula is C13H22N2. The van der Waals surface area contributed by atoms with Crippen LogP contribution in [0.3, 0.4) is 0 Å². The van der Waals surface area contributed by atoms with Crippen molar-refractivity contribution < 1.29 is 0 Å². The van der Waals surface area contributed by atoms with Gasteiger partial charge < -0.3 is 11.1 Å². The van der Waals surface area contributed by atoms with Gasteiger partial charge in [0.15, 0.2) is 0 Å². The summed E-state index contributed by atoms with van der Waals surface area (Å²) < 4.78 is 0. The molecule has 0 aliphatic carbocycles. The van der Waals surface area contributed by atoms with Crippen LogP contribution >= 0.6 is 0 Å². The van der Waals surface area contributed by atoms with E-state index < -0.39 is 0 Å². The Kier molecular flexibility index (Phi) is 4.63. The number of anilines is 1. The van der Waals surface area contributed by atoms with Gasteiger partial charge in [-0.2, -0.15) is 0 Å². The molecule has 15 heavy (non-hydrogen) atoms. The zero-order valence-electron chi connectivity index (χ0n) is 9.96. The Labute approximate surface area is 92.9 Å². The third-order valence-electron chi connectivity index (χ3n) is 2.86. The molecule has 0 aliphatic heterocycles. The summed E-state index contributed by atoms with van der Waals surface area (Å²) in [6.45, 7) is 7.22. The van der Waals surface area contributed by atoms with Gasteiger partial charge in [0.25, 0.3) is 0 Å². The predicted octanol–water partition coefficient (Wildman–Crippen LogP) is 2.96. The fourth-order valence-electron chi connectivity index (χ4n) is 1.49. The van der Waals surface area contributed by atoms with Gasteiger partial charge in [0.05, 0.1) is 0 Å². The van der Waals surface area contributed by atoms with E-state index in [9.17, 15) is 0 Å². The summed E-state index contributed by atoms with van der Waals surface area (Å²) >= 11 is 0. The van der Waals surface area contributed by atoms with Crippen molar-refractivity contribution in [2.75, 3.05) is 11.9 Å². The monoisotopic (exact) mass is 206 g/mol. The Morgan fingerprint density at radius 2 is 1.80 bits per heavy atom. The Hall–Kier alpha value is -1.02. The highest BCUT2D eigenvalue weighted by atomic mass is 14.9. The Morgan fingerprint density at radius 1 is 1.20 bits per heavy atom. The molecule has 1 aromatic rings. The summed E-state index contributed by atoms with van der Waals surface area (Å²) in [5.74, 6) is 0.644. The number of nitrogens with one attached hydrogen (secondary N) is 1. The van der Waals surface area contributed by atoms with Crippen molar-refractivity contribution in [2.24, 2.45) is 5.73 Å². The van der Waals surface area contributed by atoms with Crippen LogP contribution in [0.2, 0.25) is 0 Å². The van der Waals surface area contributed by atoms with E-state index >= 15 is 0 Å². The van der Waals surface area contributed by atoms with Gasteiger partial charge in [-0.3, -0.25) is 0 Å². The molecule has 0 bridgehead atoms. The Balaban J connectivity index is 2.64. The molecule has 1 aromatic carbocycles. The van der Waals surface area contributed by atoms with Crippen LogP contribution in [0.5, 0.6) is 0 Å². The van der Waals surface area contributed by atoms with Crippen molar-refractivity contribution in [3.8, 4) is 0 Å². The average molecular weight is 206 g/mol. The highest BCUT2D eigenvalue weighted by molar-refractivity contribution is 5.45. The summed E-state index contributed by atoms with van der Waals surface area (Å²) in [4.78, 5) is 0. The third-order valence-corrected chi connectivity index (χ3v) is 2.86. The summed E-state index contributed by atoms with van der Waals surface area (Å²) in [5, 5.41) is 3.35. The van der Waals surface area contributed by atoms with Crippen LogP contribution in [0, 0.1) is 0 Å². The predicted molar refractivity (Wildman–Crippen MR) is 67.3 cm³/mol. The summed E-state index contributed by atoms with van der Waals surface area (Å²) in [7, 11) is 0. The average Bonchev–Trinajstić information content (AvgIpc) is 2.29. The number of nitrogens with two attached hydrogens (primary N) is 1. The van der Waals surface area contributed by atoms with Gasteiger partial charge in [-0.1, -0.05) is 26.0 Å². The molecule has 2 unspecified atom stereocenters. The van der Waals surface area contributed by atoms with Crippen molar-refractivity contribution in [3.63, 3.8) is 0 Å². The van der Waals surface area contributed by atoms with E-state index in [4.69, 9.17) is 5.73 Å². The molecule has 84 valence electrons. The highest BCUT2D eigenvalue weighted by Crippen LogP contribution is 2.20. The van der Waals surface area contributed by atoms with Crippen LogP contribution in [0.25, 0.3) is 0 Å². The fourth-order valence-corrected chi connectivity index (χ4v) is 1.49. The Morgan fingerprint density at radius 3 is 2.27 bits per heavy atom. The molecule has 0 heterocycles. The standard InChI is InChI=1S/C13H22N2/c1-4-10(2)12-5-7-13(8-6-12)15-11(3)9-14/h5-8,10-11,15H,4,9,14H2,1-3H3. The van der Waals surface area contributed by atoms with Crippen LogP contribution in [0.15, 0.2) is 24.3 Å². The van der Waals surface area contributed by atoms with E-state index in [0.29, 0.717) is 18.5 Å². The Bertz CT molecular complexity index is 279. The van der Waals surface area contributed by atoms with E-state index in [0.717, 1.165) is 5.69 Å². The van der Waals surface area contributed by atoms with Gasteiger partial charge in [-0.05, 0) is 37.0 Å². The lowest BCUT2D eigenvalue weighted by Gasteiger charge is -2.14. The van der Waals surface area contributed by atoms with Crippen LogP contribution in [0.1, 0.15) is 38.7 Å². The van der Waals surface area contributed by atoms with Gasteiger partial charge in [0.2, 0.25) is 0 Å². The maximum atomic E-state index is 5.56. The topological polar surface area (TPSA) is 38.0 Å².